The van der Waals surface area contributed by atoms with Gasteiger partial charge in [-0.05, 0) is 12.8 Å². The Morgan fingerprint density at radius 3 is 1.39 bits per heavy atom. The predicted molar refractivity (Wildman–Crippen MR) is 50.1 cm³/mol. The Morgan fingerprint density at radius 2 is 1.17 bits per heavy atom. The van der Waals surface area contributed by atoms with E-state index < -0.39 is 48.5 Å². The molecule has 4 nitrogen and oxygen atoms in total. The summed E-state index contributed by atoms with van der Waals surface area (Å²) < 4.78 is 62.4. The van der Waals surface area contributed by atoms with Crippen LogP contribution in [0.1, 0.15) is 12.8 Å². The molecule has 1 aliphatic rings. The van der Waals surface area contributed by atoms with E-state index in [0.717, 1.165) is 14.2 Å². The van der Waals surface area contributed by atoms with Gasteiger partial charge in [0.1, 0.15) is 11.8 Å². The Morgan fingerprint density at radius 1 is 0.889 bits per heavy atom. The highest BCUT2D eigenvalue weighted by Crippen LogP contribution is 2.52. The maximum absolute atomic E-state index is 13.6. The lowest BCUT2D eigenvalue weighted by atomic mass is 9.76. The highest BCUT2D eigenvalue weighted by atomic mass is 19.3. The highest BCUT2D eigenvalue weighted by Gasteiger charge is 2.71. The van der Waals surface area contributed by atoms with Crippen molar-refractivity contribution in [2.24, 2.45) is 11.8 Å². The summed E-state index contributed by atoms with van der Waals surface area (Å²) in [5, 5.41) is 0. The fraction of sp³-hybridized carbons (Fsp3) is 0.800. The van der Waals surface area contributed by atoms with Gasteiger partial charge in [-0.25, -0.2) is 0 Å². The summed E-state index contributed by atoms with van der Waals surface area (Å²) in [7, 11) is 1.67. The number of methoxy groups -OCH3 is 2. The van der Waals surface area contributed by atoms with E-state index in [4.69, 9.17) is 0 Å². The van der Waals surface area contributed by atoms with Gasteiger partial charge in [-0.3, -0.25) is 9.59 Å². The Kier molecular flexibility index (Phi) is 3.87. The third kappa shape index (κ3) is 2.04. The van der Waals surface area contributed by atoms with Gasteiger partial charge in [0.25, 0.3) is 0 Å². The molecule has 104 valence electrons. The Hall–Kier alpha value is -1.34. The van der Waals surface area contributed by atoms with Crippen molar-refractivity contribution < 1.29 is 36.6 Å². The minimum Gasteiger partial charge on any atom is -0.469 e. The normalized spacial score (nSPS) is 29.4. The predicted octanol–water partition coefficient (Wildman–Crippen LogP) is 1.63. The van der Waals surface area contributed by atoms with Gasteiger partial charge in [0, 0.05) is 0 Å². The summed E-state index contributed by atoms with van der Waals surface area (Å²) >= 11 is 0. The molecule has 1 saturated carbocycles. The maximum Gasteiger partial charge on any atom is 0.324 e. The smallest absolute Gasteiger partial charge is 0.324 e. The molecular formula is C10H12F4O4. The lowest BCUT2D eigenvalue weighted by molar-refractivity contribution is -0.278. The van der Waals surface area contributed by atoms with Crippen molar-refractivity contribution in [3.05, 3.63) is 0 Å². The summed E-state index contributed by atoms with van der Waals surface area (Å²) in [5.41, 5.74) is 0. The molecule has 2 atom stereocenters. The Bertz CT molecular complexity index is 322. The van der Waals surface area contributed by atoms with E-state index in [-0.39, 0.29) is 0 Å². The van der Waals surface area contributed by atoms with E-state index in [2.05, 4.69) is 9.47 Å². The molecule has 0 spiro atoms. The SMILES string of the molecule is COC(=O)[C@H]1CC[C@@H](C(=O)OC)C(F)(F)C1(F)F. The molecule has 0 amide bonds. The van der Waals surface area contributed by atoms with E-state index in [1.807, 2.05) is 0 Å². The molecule has 0 radical (unpaired) electrons. The monoisotopic (exact) mass is 272 g/mol. The number of rotatable bonds is 2. The second-order valence-corrected chi connectivity index (χ2v) is 3.97. The second kappa shape index (κ2) is 4.74. The molecule has 18 heavy (non-hydrogen) atoms. The topological polar surface area (TPSA) is 52.6 Å². The van der Waals surface area contributed by atoms with Crippen molar-refractivity contribution in [2.45, 2.75) is 24.7 Å². The minimum atomic E-state index is -4.64. The zero-order valence-corrected chi connectivity index (χ0v) is 9.71. The van der Waals surface area contributed by atoms with Crippen LogP contribution < -0.4 is 0 Å². The van der Waals surface area contributed by atoms with Gasteiger partial charge in [0.15, 0.2) is 0 Å². The van der Waals surface area contributed by atoms with Crippen molar-refractivity contribution in [2.75, 3.05) is 14.2 Å². The van der Waals surface area contributed by atoms with E-state index in [0.29, 0.717) is 0 Å². The summed E-state index contributed by atoms with van der Waals surface area (Å²) in [6, 6.07) is 0. The van der Waals surface area contributed by atoms with Crippen molar-refractivity contribution in [1.82, 2.24) is 0 Å². The van der Waals surface area contributed by atoms with Crippen LogP contribution in [-0.4, -0.2) is 38.0 Å². The molecule has 0 aromatic heterocycles. The van der Waals surface area contributed by atoms with Crippen LogP contribution in [0.2, 0.25) is 0 Å². The third-order valence-electron chi connectivity index (χ3n) is 3.04. The molecule has 8 heteroatoms. The van der Waals surface area contributed by atoms with Gasteiger partial charge in [0.05, 0.1) is 14.2 Å². The fourth-order valence-electron chi connectivity index (χ4n) is 1.98. The van der Waals surface area contributed by atoms with Crippen LogP contribution in [0.3, 0.4) is 0 Å². The molecule has 0 bridgehead atoms. The van der Waals surface area contributed by atoms with Crippen molar-refractivity contribution >= 4 is 11.9 Å². The molecule has 0 aromatic rings. The maximum atomic E-state index is 13.6. The molecule has 1 fully saturated rings. The van der Waals surface area contributed by atoms with E-state index in [1.165, 1.54) is 0 Å². The van der Waals surface area contributed by atoms with Crippen LogP contribution in [0.5, 0.6) is 0 Å². The summed E-state index contributed by atoms with van der Waals surface area (Å²) in [4.78, 5) is 22.1. The Labute approximate surface area is 100 Å². The molecule has 1 rings (SSSR count). The molecule has 0 aliphatic heterocycles. The molecule has 0 aromatic carbocycles. The molecule has 0 N–H and O–H groups in total. The summed E-state index contributed by atoms with van der Waals surface area (Å²) in [6.45, 7) is 0. The minimum absolute atomic E-state index is 0.560. The summed E-state index contributed by atoms with van der Waals surface area (Å²) in [6.07, 6.45) is -1.12. The first-order valence-electron chi connectivity index (χ1n) is 5.11. The number of hydrogen-bond acceptors (Lipinski definition) is 4. The highest BCUT2D eigenvalue weighted by molar-refractivity contribution is 5.77. The average Bonchev–Trinajstić information content (AvgIpc) is 2.30. The van der Waals surface area contributed by atoms with E-state index in [1.54, 1.807) is 0 Å². The molecule has 0 heterocycles. The number of hydrogen-bond donors (Lipinski definition) is 0. The van der Waals surface area contributed by atoms with Crippen LogP contribution in [0.25, 0.3) is 0 Å². The van der Waals surface area contributed by atoms with Gasteiger partial charge in [-0.15, -0.1) is 0 Å². The van der Waals surface area contributed by atoms with Crippen LogP contribution in [0, 0.1) is 11.8 Å². The number of carbonyl (C=O) groups is 2. The zero-order chi connectivity index (χ0) is 14.1. The van der Waals surface area contributed by atoms with Gasteiger partial charge in [-0.1, -0.05) is 0 Å². The third-order valence-corrected chi connectivity index (χ3v) is 3.04. The van der Waals surface area contributed by atoms with Crippen molar-refractivity contribution in [3.63, 3.8) is 0 Å². The number of halogens is 4. The van der Waals surface area contributed by atoms with Crippen LogP contribution >= 0.6 is 0 Å². The van der Waals surface area contributed by atoms with Crippen molar-refractivity contribution in [3.8, 4) is 0 Å². The first-order valence-corrected chi connectivity index (χ1v) is 5.11. The fourth-order valence-corrected chi connectivity index (χ4v) is 1.98. The average molecular weight is 272 g/mol. The van der Waals surface area contributed by atoms with Crippen LogP contribution in [0.4, 0.5) is 17.6 Å². The van der Waals surface area contributed by atoms with Gasteiger partial charge in [0.2, 0.25) is 0 Å². The van der Waals surface area contributed by atoms with Crippen LogP contribution in [0.15, 0.2) is 0 Å². The van der Waals surface area contributed by atoms with Crippen LogP contribution in [-0.2, 0) is 19.1 Å². The largest absolute Gasteiger partial charge is 0.469 e. The number of carbonyl (C=O) groups excluding carboxylic acids is 2. The number of esters is 2. The van der Waals surface area contributed by atoms with E-state index >= 15 is 0 Å². The van der Waals surface area contributed by atoms with Gasteiger partial charge < -0.3 is 9.47 Å². The first-order chi connectivity index (χ1) is 8.20. The molecule has 0 unspecified atom stereocenters. The molecule has 1 aliphatic carbocycles. The molecule has 0 saturated heterocycles. The quantitative estimate of drug-likeness (QED) is 0.566. The summed E-state index contributed by atoms with van der Waals surface area (Å²) in [5.74, 6) is -16.6. The molecular weight excluding hydrogens is 260 g/mol. The van der Waals surface area contributed by atoms with Gasteiger partial charge in [-0.2, -0.15) is 17.6 Å². The van der Waals surface area contributed by atoms with E-state index in [9.17, 15) is 27.2 Å². The van der Waals surface area contributed by atoms with Crippen molar-refractivity contribution in [1.29, 1.82) is 0 Å². The Balaban J connectivity index is 3.08. The number of alkyl halides is 4. The lowest BCUT2D eigenvalue weighted by Gasteiger charge is -2.39. The number of ether oxygens (including phenoxy) is 2. The standard InChI is InChI=1S/C10H12F4O4/c1-17-7(15)5-3-4-6(8(16)18-2)10(13,14)9(5,11)12/h5-6H,3-4H2,1-2H3/t5-,6+. The first kappa shape index (κ1) is 14.7. The second-order valence-electron chi connectivity index (χ2n) is 3.97. The zero-order valence-electron chi connectivity index (χ0n) is 9.71. The lowest BCUT2D eigenvalue weighted by Crippen LogP contribution is -2.59. The van der Waals surface area contributed by atoms with Gasteiger partial charge >= 0.3 is 23.8 Å².